The second-order valence-corrected chi connectivity index (χ2v) is 4.08. The summed E-state index contributed by atoms with van der Waals surface area (Å²) in [7, 11) is 0. The van der Waals surface area contributed by atoms with Crippen molar-refractivity contribution in [3.63, 3.8) is 0 Å². The lowest BCUT2D eigenvalue weighted by molar-refractivity contribution is 0.605. The molecule has 0 radical (unpaired) electrons. The van der Waals surface area contributed by atoms with Gasteiger partial charge in [0.1, 0.15) is 12.0 Å². The fourth-order valence-electron chi connectivity index (χ4n) is 2.28. The summed E-state index contributed by atoms with van der Waals surface area (Å²) in [6, 6.07) is 2.48. The molecular weight excluding hydrogens is 198 g/mol. The molecule has 2 heterocycles. The number of fused-ring (bicyclic) bond motifs is 1. The molecule has 0 fully saturated rings. The summed E-state index contributed by atoms with van der Waals surface area (Å²) >= 11 is 0. The zero-order valence-electron chi connectivity index (χ0n) is 9.00. The molecular formula is C13H13N3. The number of hydrogen-bond donors (Lipinski definition) is 0. The van der Waals surface area contributed by atoms with Crippen LogP contribution in [0.15, 0.2) is 49.1 Å². The summed E-state index contributed by atoms with van der Waals surface area (Å²) in [5.74, 6) is 0. The highest BCUT2D eigenvalue weighted by molar-refractivity contribution is 5.75. The van der Waals surface area contributed by atoms with Gasteiger partial charge in [0.2, 0.25) is 0 Å². The van der Waals surface area contributed by atoms with Crippen LogP contribution in [0.3, 0.4) is 0 Å². The van der Waals surface area contributed by atoms with Gasteiger partial charge in [0, 0.05) is 17.8 Å². The number of aromatic nitrogens is 3. The van der Waals surface area contributed by atoms with E-state index in [1.165, 1.54) is 5.57 Å². The average Bonchev–Trinajstić information content (AvgIpc) is 2.94. The quantitative estimate of drug-likeness (QED) is 0.764. The molecule has 0 amide bonds. The van der Waals surface area contributed by atoms with Crippen molar-refractivity contribution in [3.05, 3.63) is 49.1 Å². The van der Waals surface area contributed by atoms with Crippen LogP contribution >= 0.6 is 0 Å². The highest BCUT2D eigenvalue weighted by atomic mass is 15.1. The zero-order chi connectivity index (χ0) is 11.0. The van der Waals surface area contributed by atoms with Gasteiger partial charge in [-0.25, -0.2) is 9.97 Å². The van der Waals surface area contributed by atoms with E-state index in [0.717, 1.165) is 23.9 Å². The molecule has 2 aromatic rings. The van der Waals surface area contributed by atoms with Crippen LogP contribution in [-0.2, 0) is 0 Å². The van der Waals surface area contributed by atoms with Crippen LogP contribution in [0.2, 0.25) is 0 Å². The first-order chi connectivity index (χ1) is 7.88. The Morgan fingerprint density at radius 3 is 3.25 bits per heavy atom. The Kier molecular flexibility index (Phi) is 2.10. The van der Waals surface area contributed by atoms with Crippen molar-refractivity contribution >= 4 is 11.0 Å². The lowest BCUT2D eigenvalue weighted by Gasteiger charge is -2.10. The molecule has 3 rings (SSSR count). The van der Waals surface area contributed by atoms with Crippen molar-refractivity contribution in [1.82, 2.24) is 14.5 Å². The van der Waals surface area contributed by atoms with E-state index in [-0.39, 0.29) is 0 Å². The van der Waals surface area contributed by atoms with Gasteiger partial charge in [-0.15, -0.1) is 0 Å². The van der Waals surface area contributed by atoms with Crippen molar-refractivity contribution < 1.29 is 0 Å². The molecule has 0 N–H and O–H groups in total. The van der Waals surface area contributed by atoms with E-state index >= 15 is 0 Å². The minimum absolute atomic E-state index is 0.417. The summed E-state index contributed by atoms with van der Waals surface area (Å²) in [5.41, 5.74) is 2.35. The van der Waals surface area contributed by atoms with Crippen molar-refractivity contribution in [2.45, 2.75) is 18.9 Å². The predicted octanol–water partition coefficient (Wildman–Crippen LogP) is 2.88. The van der Waals surface area contributed by atoms with Gasteiger partial charge >= 0.3 is 0 Å². The zero-order valence-corrected chi connectivity index (χ0v) is 9.00. The Hall–Kier alpha value is -1.90. The van der Waals surface area contributed by atoms with Gasteiger partial charge in [0.05, 0.1) is 6.04 Å². The molecule has 1 atom stereocenters. The third kappa shape index (κ3) is 1.36. The van der Waals surface area contributed by atoms with E-state index in [9.17, 15) is 0 Å². The van der Waals surface area contributed by atoms with Crippen LogP contribution in [0.4, 0.5) is 0 Å². The molecule has 0 aliphatic heterocycles. The molecule has 16 heavy (non-hydrogen) atoms. The number of rotatable bonds is 2. The van der Waals surface area contributed by atoms with E-state index in [1.807, 2.05) is 12.3 Å². The first kappa shape index (κ1) is 9.33. The third-order valence-electron chi connectivity index (χ3n) is 3.13. The lowest BCUT2D eigenvalue weighted by atomic mass is 10.2. The summed E-state index contributed by atoms with van der Waals surface area (Å²) in [6.45, 7) is 3.82. The van der Waals surface area contributed by atoms with E-state index in [2.05, 4.69) is 39.5 Å². The van der Waals surface area contributed by atoms with Gasteiger partial charge < -0.3 is 4.57 Å². The highest BCUT2D eigenvalue weighted by Gasteiger charge is 2.17. The van der Waals surface area contributed by atoms with Gasteiger partial charge in [-0.2, -0.15) is 0 Å². The fourth-order valence-corrected chi connectivity index (χ4v) is 2.28. The van der Waals surface area contributed by atoms with Crippen LogP contribution in [-0.4, -0.2) is 14.5 Å². The molecule has 1 unspecified atom stereocenters. The number of nitrogens with zero attached hydrogens (tertiary/aromatic N) is 3. The molecule has 3 heteroatoms. The summed E-state index contributed by atoms with van der Waals surface area (Å²) in [5, 5.41) is 1.10. The highest BCUT2D eigenvalue weighted by Crippen LogP contribution is 2.30. The molecule has 2 aromatic heterocycles. The van der Waals surface area contributed by atoms with Crippen LogP contribution in [0.25, 0.3) is 11.0 Å². The van der Waals surface area contributed by atoms with Gasteiger partial charge in [-0.1, -0.05) is 24.3 Å². The minimum atomic E-state index is 0.417. The van der Waals surface area contributed by atoms with E-state index < -0.39 is 0 Å². The van der Waals surface area contributed by atoms with E-state index in [0.29, 0.717) is 6.04 Å². The Labute approximate surface area is 94.1 Å². The molecule has 1 aliphatic rings. The number of hydrogen-bond acceptors (Lipinski definition) is 2. The van der Waals surface area contributed by atoms with Crippen molar-refractivity contribution in [1.29, 1.82) is 0 Å². The smallest absolute Gasteiger partial charge is 0.143 e. The van der Waals surface area contributed by atoms with Crippen LogP contribution < -0.4 is 0 Å². The van der Waals surface area contributed by atoms with Crippen LogP contribution in [0.5, 0.6) is 0 Å². The topological polar surface area (TPSA) is 30.7 Å². The van der Waals surface area contributed by atoms with Crippen LogP contribution in [0, 0.1) is 0 Å². The summed E-state index contributed by atoms with van der Waals surface area (Å²) in [6.07, 6.45) is 12.0. The lowest BCUT2D eigenvalue weighted by Crippen LogP contribution is -2.02. The Balaban J connectivity index is 2.07. The van der Waals surface area contributed by atoms with Gasteiger partial charge in [-0.05, 0) is 18.9 Å². The maximum absolute atomic E-state index is 4.33. The normalized spacial score (nSPS) is 20.0. The van der Waals surface area contributed by atoms with Gasteiger partial charge in [-0.3, -0.25) is 0 Å². The van der Waals surface area contributed by atoms with Gasteiger partial charge in [0.15, 0.2) is 0 Å². The Bertz CT molecular complexity index is 565. The second-order valence-electron chi connectivity index (χ2n) is 4.08. The third-order valence-corrected chi connectivity index (χ3v) is 3.13. The fraction of sp³-hybridized carbons (Fsp3) is 0.231. The minimum Gasteiger partial charge on any atom is -0.325 e. The molecule has 1 aliphatic carbocycles. The molecule has 0 saturated carbocycles. The largest absolute Gasteiger partial charge is 0.325 e. The standard InChI is InChI=1S/C13H13N3/c1-2-10-3-4-12(7-10)16-6-5-11-8-14-9-15-13(11)16/h2,5-9,12H,1,3-4H2. The molecule has 0 saturated heterocycles. The SMILES string of the molecule is C=CC1=CC(n2ccc3cncnc32)CC1. The predicted molar refractivity (Wildman–Crippen MR) is 64.1 cm³/mol. The molecule has 80 valence electrons. The first-order valence-electron chi connectivity index (χ1n) is 5.48. The van der Waals surface area contributed by atoms with E-state index in [1.54, 1.807) is 6.33 Å². The molecule has 0 spiro atoms. The van der Waals surface area contributed by atoms with E-state index in [4.69, 9.17) is 0 Å². The Morgan fingerprint density at radius 1 is 1.50 bits per heavy atom. The maximum Gasteiger partial charge on any atom is 0.143 e. The monoisotopic (exact) mass is 211 g/mol. The molecule has 0 bridgehead atoms. The second kappa shape index (κ2) is 3.59. The van der Waals surface area contributed by atoms with Gasteiger partial charge in [0.25, 0.3) is 0 Å². The first-order valence-corrected chi connectivity index (χ1v) is 5.48. The summed E-state index contributed by atoms with van der Waals surface area (Å²) < 4.78 is 2.22. The van der Waals surface area contributed by atoms with Crippen molar-refractivity contribution in [2.75, 3.05) is 0 Å². The van der Waals surface area contributed by atoms with Crippen LogP contribution in [0.1, 0.15) is 18.9 Å². The average molecular weight is 211 g/mol. The van der Waals surface area contributed by atoms with Crippen molar-refractivity contribution in [3.8, 4) is 0 Å². The summed E-state index contributed by atoms with van der Waals surface area (Å²) in [4.78, 5) is 8.36. The molecule has 3 nitrogen and oxygen atoms in total. The Morgan fingerprint density at radius 2 is 2.44 bits per heavy atom. The van der Waals surface area contributed by atoms with Crippen molar-refractivity contribution in [2.24, 2.45) is 0 Å². The maximum atomic E-state index is 4.33. The molecule has 0 aromatic carbocycles. The number of allylic oxidation sites excluding steroid dienone is 3.